The third-order valence-corrected chi connectivity index (χ3v) is 11.9. The van der Waals surface area contributed by atoms with Gasteiger partial charge >= 0.3 is 0 Å². The third-order valence-electron chi connectivity index (χ3n) is 11.9. The Kier molecular flexibility index (Phi) is 7.54. The molecule has 10 aromatic carbocycles. The maximum Gasteiger partial charge on any atom is 0.137 e. The van der Waals surface area contributed by atoms with Crippen LogP contribution in [0.4, 0.5) is 17.1 Å². The smallest absolute Gasteiger partial charge is 0.137 e. The Morgan fingerprint density at radius 1 is 0.356 bits per heavy atom. The van der Waals surface area contributed by atoms with Crippen LogP contribution in [0.2, 0.25) is 0 Å². The molecular weight excluding hydrogens is 717 g/mol. The topological polar surface area (TPSA) is 21.3 Å². The predicted molar refractivity (Wildman–Crippen MR) is 249 cm³/mol. The monoisotopic (exact) mass is 752 g/mol. The summed E-state index contributed by atoms with van der Waals surface area (Å²) < 4.78 is 8.99. The fourth-order valence-electron chi connectivity index (χ4n) is 9.26. The van der Waals surface area contributed by atoms with Crippen molar-refractivity contribution in [3.63, 3.8) is 0 Å². The summed E-state index contributed by atoms with van der Waals surface area (Å²) in [6.45, 7) is 0. The van der Waals surface area contributed by atoms with Crippen LogP contribution < -0.4 is 4.90 Å². The summed E-state index contributed by atoms with van der Waals surface area (Å²) in [5.41, 5.74) is 13.0. The molecule has 0 amide bonds. The van der Waals surface area contributed by atoms with Crippen LogP contribution in [0.25, 0.3) is 93.2 Å². The van der Waals surface area contributed by atoms with Gasteiger partial charge in [0, 0.05) is 39.0 Å². The van der Waals surface area contributed by atoms with Crippen molar-refractivity contribution in [2.24, 2.45) is 0 Å². The van der Waals surface area contributed by atoms with Gasteiger partial charge in [-0.25, -0.2) is 0 Å². The van der Waals surface area contributed by atoms with Gasteiger partial charge in [-0.2, -0.15) is 0 Å². The second-order valence-corrected chi connectivity index (χ2v) is 15.3. The minimum Gasteiger partial charge on any atom is -0.456 e. The molecule has 0 bridgehead atoms. The van der Waals surface area contributed by atoms with E-state index < -0.39 is 0 Å². The van der Waals surface area contributed by atoms with E-state index in [4.69, 9.17) is 4.42 Å². The summed E-state index contributed by atoms with van der Waals surface area (Å²) in [5, 5.41) is 9.64. The van der Waals surface area contributed by atoms with Gasteiger partial charge < -0.3 is 13.9 Å². The number of para-hydroxylation sites is 3. The van der Waals surface area contributed by atoms with Gasteiger partial charge in [-0.05, 0) is 104 Å². The van der Waals surface area contributed by atoms with E-state index in [1.54, 1.807) is 0 Å². The first-order valence-electron chi connectivity index (χ1n) is 20.2. The lowest BCUT2D eigenvalue weighted by molar-refractivity contribution is 0.669. The Labute approximate surface area is 341 Å². The molecule has 276 valence electrons. The number of rotatable bonds is 6. The standard InChI is InChI=1S/C56H36N2O/c1-2-14-37(15-3-1)41-19-12-20-43(35-41)57(44-31-32-48-47-22-8-11-27-53(47)59-54(48)36-44)49-24-9-10-25-50(49)58-51-26-13-23-46(42-29-28-38-16-4-5-18-40(38)34-42)56(51)55-45-21-7-6-17-39(45)30-33-52(55)58/h1-36H. The highest BCUT2D eigenvalue weighted by molar-refractivity contribution is 6.25. The highest BCUT2D eigenvalue weighted by Gasteiger charge is 2.24. The molecule has 0 fully saturated rings. The van der Waals surface area contributed by atoms with E-state index in [2.05, 4.69) is 216 Å². The lowest BCUT2D eigenvalue weighted by atomic mass is 9.95. The second-order valence-electron chi connectivity index (χ2n) is 15.3. The summed E-state index contributed by atoms with van der Waals surface area (Å²) >= 11 is 0. The first-order chi connectivity index (χ1) is 29.3. The van der Waals surface area contributed by atoms with Crippen molar-refractivity contribution in [3.8, 4) is 27.9 Å². The van der Waals surface area contributed by atoms with E-state index in [0.29, 0.717) is 0 Å². The molecule has 0 spiro atoms. The fraction of sp³-hybridized carbons (Fsp3) is 0. The van der Waals surface area contributed by atoms with Crippen molar-refractivity contribution >= 4 is 82.4 Å². The fourth-order valence-corrected chi connectivity index (χ4v) is 9.26. The molecule has 12 aromatic rings. The average Bonchev–Trinajstić information content (AvgIpc) is 3.85. The molecule has 0 radical (unpaired) electrons. The molecule has 0 saturated carbocycles. The Hall–Kier alpha value is -7.88. The van der Waals surface area contributed by atoms with Crippen molar-refractivity contribution in [2.75, 3.05) is 4.90 Å². The zero-order valence-corrected chi connectivity index (χ0v) is 32.1. The number of fused-ring (bicyclic) bond motifs is 9. The van der Waals surface area contributed by atoms with Crippen molar-refractivity contribution < 1.29 is 4.42 Å². The van der Waals surface area contributed by atoms with Gasteiger partial charge in [0.2, 0.25) is 0 Å². The highest BCUT2D eigenvalue weighted by atomic mass is 16.3. The van der Waals surface area contributed by atoms with Crippen molar-refractivity contribution in [3.05, 3.63) is 218 Å². The molecule has 0 aliphatic carbocycles. The van der Waals surface area contributed by atoms with Crippen molar-refractivity contribution in [1.82, 2.24) is 4.57 Å². The lowest BCUT2D eigenvalue weighted by Crippen LogP contribution is -2.13. The molecule has 3 nitrogen and oxygen atoms in total. The molecular formula is C56H36N2O. The largest absolute Gasteiger partial charge is 0.456 e. The van der Waals surface area contributed by atoms with Crippen LogP contribution in [0.1, 0.15) is 0 Å². The molecule has 0 N–H and O–H groups in total. The summed E-state index contributed by atoms with van der Waals surface area (Å²) in [7, 11) is 0. The maximum absolute atomic E-state index is 6.52. The van der Waals surface area contributed by atoms with Gasteiger partial charge in [-0.3, -0.25) is 0 Å². The first-order valence-corrected chi connectivity index (χ1v) is 20.2. The lowest BCUT2D eigenvalue weighted by Gasteiger charge is -2.28. The minimum absolute atomic E-state index is 0.855. The number of furan rings is 1. The Bertz CT molecular complexity index is 3580. The van der Waals surface area contributed by atoms with Crippen LogP contribution >= 0.6 is 0 Å². The molecule has 0 atom stereocenters. The number of hydrogen-bond donors (Lipinski definition) is 0. The highest BCUT2D eigenvalue weighted by Crippen LogP contribution is 2.46. The average molecular weight is 753 g/mol. The number of anilines is 3. The van der Waals surface area contributed by atoms with E-state index in [9.17, 15) is 0 Å². The number of benzene rings is 10. The van der Waals surface area contributed by atoms with Gasteiger partial charge in [0.25, 0.3) is 0 Å². The summed E-state index contributed by atoms with van der Waals surface area (Å²) in [5.74, 6) is 0. The normalized spacial score (nSPS) is 11.7. The molecule has 59 heavy (non-hydrogen) atoms. The van der Waals surface area contributed by atoms with Crippen LogP contribution in [0.3, 0.4) is 0 Å². The van der Waals surface area contributed by atoms with E-state index in [-0.39, 0.29) is 0 Å². The van der Waals surface area contributed by atoms with Crippen LogP contribution in [0.15, 0.2) is 223 Å². The molecule has 0 saturated heterocycles. The van der Waals surface area contributed by atoms with Crippen molar-refractivity contribution in [1.29, 1.82) is 0 Å². The molecule has 2 aromatic heterocycles. The third kappa shape index (κ3) is 5.36. The molecule has 12 rings (SSSR count). The molecule has 0 unspecified atom stereocenters. The van der Waals surface area contributed by atoms with Crippen LogP contribution in [0.5, 0.6) is 0 Å². The number of aromatic nitrogens is 1. The van der Waals surface area contributed by atoms with E-state index in [0.717, 1.165) is 61.3 Å². The van der Waals surface area contributed by atoms with E-state index in [1.165, 1.54) is 49.0 Å². The van der Waals surface area contributed by atoms with Gasteiger partial charge in [-0.1, -0.05) is 152 Å². The molecule has 2 heterocycles. The Morgan fingerprint density at radius 3 is 1.95 bits per heavy atom. The van der Waals surface area contributed by atoms with Gasteiger partial charge in [0.15, 0.2) is 0 Å². The van der Waals surface area contributed by atoms with Crippen LogP contribution in [-0.2, 0) is 0 Å². The first kappa shape index (κ1) is 33.3. The van der Waals surface area contributed by atoms with E-state index >= 15 is 0 Å². The van der Waals surface area contributed by atoms with Gasteiger partial charge in [0.05, 0.1) is 22.4 Å². The van der Waals surface area contributed by atoms with Gasteiger partial charge in [0.1, 0.15) is 11.2 Å². The Balaban J connectivity index is 1.15. The summed E-state index contributed by atoms with van der Waals surface area (Å²) in [6.07, 6.45) is 0. The van der Waals surface area contributed by atoms with Crippen LogP contribution in [-0.4, -0.2) is 4.57 Å². The number of nitrogens with zero attached hydrogens (tertiary/aromatic N) is 2. The maximum atomic E-state index is 6.52. The minimum atomic E-state index is 0.855. The molecule has 0 aliphatic rings. The van der Waals surface area contributed by atoms with Crippen molar-refractivity contribution in [2.45, 2.75) is 0 Å². The van der Waals surface area contributed by atoms with Crippen LogP contribution in [0, 0.1) is 0 Å². The SMILES string of the molecule is c1ccc(-c2cccc(N(c3ccc4c(c3)oc3ccccc34)c3ccccc3-n3c4cccc(-c5ccc6ccccc6c5)c4c4c5ccccc5ccc43)c2)cc1. The summed E-state index contributed by atoms with van der Waals surface area (Å²) in [6, 6.07) is 78.8. The quantitative estimate of drug-likeness (QED) is 0.169. The molecule has 0 aliphatic heterocycles. The predicted octanol–water partition coefficient (Wildman–Crippen LogP) is 15.8. The zero-order chi connectivity index (χ0) is 38.9. The molecule has 3 heteroatoms. The number of hydrogen-bond acceptors (Lipinski definition) is 2. The van der Waals surface area contributed by atoms with E-state index in [1.807, 2.05) is 12.1 Å². The summed E-state index contributed by atoms with van der Waals surface area (Å²) in [4.78, 5) is 2.39. The zero-order valence-electron chi connectivity index (χ0n) is 32.1. The van der Waals surface area contributed by atoms with Gasteiger partial charge in [-0.15, -0.1) is 0 Å². The second kappa shape index (κ2) is 13.4. The Morgan fingerprint density at radius 2 is 1.03 bits per heavy atom.